The maximum absolute atomic E-state index is 12.6. The lowest BCUT2D eigenvalue weighted by Gasteiger charge is -2.10. The molecule has 0 fully saturated rings. The summed E-state index contributed by atoms with van der Waals surface area (Å²) in [5.74, 6) is -1.57. The van der Waals surface area contributed by atoms with E-state index in [1.165, 1.54) is 30.5 Å². The van der Waals surface area contributed by atoms with Gasteiger partial charge in [0, 0.05) is 6.20 Å². The van der Waals surface area contributed by atoms with Crippen LogP contribution in [0.3, 0.4) is 0 Å². The van der Waals surface area contributed by atoms with E-state index in [-0.39, 0.29) is 17.2 Å². The number of halogens is 3. The summed E-state index contributed by atoms with van der Waals surface area (Å²) in [5.41, 5.74) is -1.25. The Hall–Kier alpha value is -2.57. The van der Waals surface area contributed by atoms with Crippen molar-refractivity contribution < 1.29 is 27.8 Å². The molecule has 0 radical (unpaired) electrons. The molecule has 0 saturated carbocycles. The van der Waals surface area contributed by atoms with Gasteiger partial charge in [-0.1, -0.05) is 6.07 Å². The van der Waals surface area contributed by atoms with Crippen LogP contribution in [0.4, 0.5) is 13.2 Å². The molecule has 0 aliphatic heterocycles. The van der Waals surface area contributed by atoms with Gasteiger partial charge in [0.05, 0.1) is 5.56 Å². The van der Waals surface area contributed by atoms with Crippen LogP contribution in [0.15, 0.2) is 42.6 Å². The molecule has 0 spiro atoms. The molecule has 2 aromatic rings. The number of pyridine rings is 1. The SMILES string of the molecule is O=C(O)c1ncccc1Oc1cccc(C(F)(F)F)c1. The predicted octanol–water partition coefficient (Wildman–Crippen LogP) is 3.59. The van der Waals surface area contributed by atoms with E-state index in [1.54, 1.807) is 0 Å². The number of carboxylic acid groups (broad SMARTS) is 1. The van der Waals surface area contributed by atoms with Crippen molar-refractivity contribution in [2.75, 3.05) is 0 Å². The fourth-order valence-electron chi connectivity index (χ4n) is 1.50. The first-order chi connectivity index (χ1) is 9.38. The first-order valence-corrected chi connectivity index (χ1v) is 5.41. The molecular formula is C13H8F3NO3. The predicted molar refractivity (Wildman–Crippen MR) is 62.7 cm³/mol. The van der Waals surface area contributed by atoms with Gasteiger partial charge in [0.15, 0.2) is 11.4 Å². The van der Waals surface area contributed by atoms with E-state index in [2.05, 4.69) is 4.98 Å². The molecule has 20 heavy (non-hydrogen) atoms. The van der Waals surface area contributed by atoms with Gasteiger partial charge in [-0.3, -0.25) is 0 Å². The number of rotatable bonds is 3. The first kappa shape index (κ1) is 13.9. The van der Waals surface area contributed by atoms with Crippen molar-refractivity contribution >= 4 is 5.97 Å². The monoisotopic (exact) mass is 283 g/mol. The van der Waals surface area contributed by atoms with Gasteiger partial charge in [-0.05, 0) is 30.3 Å². The van der Waals surface area contributed by atoms with Crippen LogP contribution in [0.2, 0.25) is 0 Å². The largest absolute Gasteiger partial charge is 0.476 e. The number of aromatic carboxylic acids is 1. The molecule has 0 aliphatic carbocycles. The summed E-state index contributed by atoms with van der Waals surface area (Å²) in [6, 6.07) is 6.90. The van der Waals surface area contributed by atoms with Crippen molar-refractivity contribution in [2.24, 2.45) is 0 Å². The topological polar surface area (TPSA) is 59.4 Å². The van der Waals surface area contributed by atoms with Crippen molar-refractivity contribution in [3.05, 3.63) is 53.9 Å². The van der Waals surface area contributed by atoms with Crippen molar-refractivity contribution in [1.82, 2.24) is 4.98 Å². The molecule has 104 valence electrons. The molecular weight excluding hydrogens is 275 g/mol. The number of hydrogen-bond donors (Lipinski definition) is 1. The highest BCUT2D eigenvalue weighted by Gasteiger charge is 2.30. The summed E-state index contributed by atoms with van der Waals surface area (Å²) in [5, 5.41) is 8.91. The lowest BCUT2D eigenvalue weighted by Crippen LogP contribution is -2.05. The average molecular weight is 283 g/mol. The van der Waals surface area contributed by atoms with Crippen LogP contribution < -0.4 is 4.74 Å². The number of alkyl halides is 3. The number of aromatic nitrogens is 1. The standard InChI is InChI=1S/C13H8F3NO3/c14-13(15,16)8-3-1-4-9(7-8)20-10-5-2-6-17-11(10)12(18)19/h1-7H,(H,18,19). The fourth-order valence-corrected chi connectivity index (χ4v) is 1.50. The second kappa shape index (κ2) is 5.20. The minimum absolute atomic E-state index is 0.115. The van der Waals surface area contributed by atoms with E-state index in [1.807, 2.05) is 0 Å². The van der Waals surface area contributed by atoms with Gasteiger partial charge in [-0.2, -0.15) is 13.2 Å². The third-order valence-electron chi connectivity index (χ3n) is 2.36. The highest BCUT2D eigenvalue weighted by molar-refractivity contribution is 5.88. The Morgan fingerprint density at radius 2 is 1.95 bits per heavy atom. The molecule has 0 aliphatic rings. The van der Waals surface area contributed by atoms with E-state index < -0.39 is 17.7 Å². The number of nitrogens with zero attached hydrogens (tertiary/aromatic N) is 1. The van der Waals surface area contributed by atoms with Crippen LogP contribution in [-0.4, -0.2) is 16.1 Å². The maximum atomic E-state index is 12.6. The van der Waals surface area contributed by atoms with Crippen molar-refractivity contribution in [3.63, 3.8) is 0 Å². The molecule has 1 N–H and O–H groups in total. The van der Waals surface area contributed by atoms with Crippen LogP contribution in [-0.2, 0) is 6.18 Å². The smallest absolute Gasteiger partial charge is 0.416 e. The number of carboxylic acids is 1. The molecule has 0 atom stereocenters. The van der Waals surface area contributed by atoms with Gasteiger partial charge >= 0.3 is 12.1 Å². The lowest BCUT2D eigenvalue weighted by atomic mass is 10.2. The van der Waals surface area contributed by atoms with Crippen molar-refractivity contribution in [3.8, 4) is 11.5 Å². The van der Waals surface area contributed by atoms with Crippen LogP contribution in [0.25, 0.3) is 0 Å². The third kappa shape index (κ3) is 3.05. The fraction of sp³-hybridized carbons (Fsp3) is 0.0769. The van der Waals surface area contributed by atoms with Crippen LogP contribution in [0, 0.1) is 0 Å². The van der Waals surface area contributed by atoms with Gasteiger partial charge in [-0.15, -0.1) is 0 Å². The normalized spacial score (nSPS) is 11.2. The second-order valence-electron chi connectivity index (χ2n) is 3.78. The van der Waals surface area contributed by atoms with E-state index >= 15 is 0 Å². The summed E-state index contributed by atoms with van der Waals surface area (Å²) in [4.78, 5) is 14.5. The molecule has 0 amide bonds. The van der Waals surface area contributed by atoms with Crippen molar-refractivity contribution in [1.29, 1.82) is 0 Å². The van der Waals surface area contributed by atoms with E-state index in [0.29, 0.717) is 0 Å². The molecule has 2 rings (SSSR count). The number of ether oxygens (including phenoxy) is 1. The Bertz CT molecular complexity index is 641. The Kier molecular flexibility index (Phi) is 3.60. The molecule has 0 saturated heterocycles. The zero-order chi connectivity index (χ0) is 14.8. The zero-order valence-electron chi connectivity index (χ0n) is 9.89. The van der Waals surface area contributed by atoms with Crippen LogP contribution in [0.5, 0.6) is 11.5 Å². The lowest BCUT2D eigenvalue weighted by molar-refractivity contribution is -0.137. The van der Waals surface area contributed by atoms with E-state index in [9.17, 15) is 18.0 Å². The molecule has 0 bridgehead atoms. The minimum atomic E-state index is -4.50. The quantitative estimate of drug-likeness (QED) is 0.935. The van der Waals surface area contributed by atoms with Gasteiger partial charge < -0.3 is 9.84 Å². The van der Waals surface area contributed by atoms with Gasteiger partial charge in [0.2, 0.25) is 0 Å². The highest BCUT2D eigenvalue weighted by Crippen LogP contribution is 2.33. The summed E-state index contributed by atoms with van der Waals surface area (Å²) < 4.78 is 42.8. The molecule has 1 aromatic carbocycles. The van der Waals surface area contributed by atoms with Gasteiger partial charge in [0.25, 0.3) is 0 Å². The Morgan fingerprint density at radius 3 is 2.60 bits per heavy atom. The number of benzene rings is 1. The maximum Gasteiger partial charge on any atom is 0.416 e. The molecule has 1 aromatic heterocycles. The summed E-state index contributed by atoms with van der Waals surface area (Å²) in [7, 11) is 0. The number of hydrogen-bond acceptors (Lipinski definition) is 3. The molecule has 4 nitrogen and oxygen atoms in total. The van der Waals surface area contributed by atoms with Crippen LogP contribution >= 0.6 is 0 Å². The Labute approximate surface area is 111 Å². The summed E-state index contributed by atoms with van der Waals surface area (Å²) >= 11 is 0. The molecule has 7 heteroatoms. The Balaban J connectivity index is 2.34. The third-order valence-corrected chi connectivity index (χ3v) is 2.36. The average Bonchev–Trinajstić information content (AvgIpc) is 2.38. The van der Waals surface area contributed by atoms with Gasteiger partial charge in [0.1, 0.15) is 5.75 Å². The summed E-state index contributed by atoms with van der Waals surface area (Å²) in [6.45, 7) is 0. The van der Waals surface area contributed by atoms with Crippen molar-refractivity contribution in [2.45, 2.75) is 6.18 Å². The highest BCUT2D eigenvalue weighted by atomic mass is 19.4. The molecule has 1 heterocycles. The van der Waals surface area contributed by atoms with E-state index in [4.69, 9.17) is 9.84 Å². The minimum Gasteiger partial charge on any atom is -0.476 e. The Morgan fingerprint density at radius 1 is 1.20 bits per heavy atom. The second-order valence-corrected chi connectivity index (χ2v) is 3.78. The zero-order valence-corrected chi connectivity index (χ0v) is 9.89. The molecule has 0 unspecified atom stereocenters. The summed E-state index contributed by atoms with van der Waals surface area (Å²) in [6.07, 6.45) is -3.24. The van der Waals surface area contributed by atoms with Gasteiger partial charge in [-0.25, -0.2) is 9.78 Å². The number of carbonyl (C=O) groups is 1. The first-order valence-electron chi connectivity index (χ1n) is 5.41. The van der Waals surface area contributed by atoms with Crippen LogP contribution in [0.1, 0.15) is 16.1 Å². The van der Waals surface area contributed by atoms with E-state index in [0.717, 1.165) is 12.1 Å².